The van der Waals surface area contributed by atoms with Gasteiger partial charge in [0.2, 0.25) is 0 Å². The van der Waals surface area contributed by atoms with E-state index in [2.05, 4.69) is 15.6 Å². The quantitative estimate of drug-likeness (QED) is 0.803. The highest BCUT2D eigenvalue weighted by molar-refractivity contribution is 5.99. The Hall–Kier alpha value is -3.35. The van der Waals surface area contributed by atoms with Crippen LogP contribution in [0.4, 0.5) is 16.3 Å². The van der Waals surface area contributed by atoms with Crippen molar-refractivity contribution in [3.05, 3.63) is 53.7 Å². The standard InChI is InChI=1S/C20H21N3O4/c1-13-4-7-18(21-11-13)23-19(25)22-16-5-6-17-15(10-16)8-9-20(3,27-17)12-26-14(2)24/h4-11H,12H2,1-3H3,(H2,21,22,23,25). The van der Waals surface area contributed by atoms with Crippen molar-refractivity contribution in [3.63, 3.8) is 0 Å². The lowest BCUT2D eigenvalue weighted by Gasteiger charge is -2.31. The Morgan fingerprint density at radius 3 is 2.74 bits per heavy atom. The molecule has 0 bridgehead atoms. The molecule has 3 rings (SSSR count). The Morgan fingerprint density at radius 1 is 1.22 bits per heavy atom. The van der Waals surface area contributed by atoms with Crippen LogP contribution in [0.5, 0.6) is 5.75 Å². The summed E-state index contributed by atoms with van der Waals surface area (Å²) in [6.45, 7) is 5.25. The first kappa shape index (κ1) is 18.4. The minimum atomic E-state index is -0.720. The fraction of sp³-hybridized carbons (Fsp3) is 0.250. The van der Waals surface area contributed by atoms with Gasteiger partial charge in [0, 0.05) is 24.4 Å². The summed E-state index contributed by atoms with van der Waals surface area (Å²) in [5.41, 5.74) is 1.74. The van der Waals surface area contributed by atoms with Crippen LogP contribution in [0.3, 0.4) is 0 Å². The monoisotopic (exact) mass is 367 g/mol. The number of ether oxygens (including phenoxy) is 2. The molecule has 1 aromatic heterocycles. The number of aryl methyl sites for hydroxylation is 1. The van der Waals surface area contributed by atoms with E-state index in [0.717, 1.165) is 11.1 Å². The second-order valence-corrected chi connectivity index (χ2v) is 6.58. The number of carbonyl (C=O) groups is 2. The topological polar surface area (TPSA) is 89.5 Å². The molecule has 27 heavy (non-hydrogen) atoms. The van der Waals surface area contributed by atoms with Gasteiger partial charge in [0.05, 0.1) is 0 Å². The number of aromatic nitrogens is 1. The maximum atomic E-state index is 12.1. The second-order valence-electron chi connectivity index (χ2n) is 6.58. The molecule has 7 heteroatoms. The van der Waals surface area contributed by atoms with Gasteiger partial charge in [-0.2, -0.15) is 0 Å². The van der Waals surface area contributed by atoms with E-state index in [1.165, 1.54) is 6.92 Å². The van der Waals surface area contributed by atoms with Crippen LogP contribution in [-0.2, 0) is 9.53 Å². The van der Waals surface area contributed by atoms with Crippen LogP contribution in [0.15, 0.2) is 42.6 Å². The number of amides is 2. The lowest BCUT2D eigenvalue weighted by atomic mass is 10.0. The number of nitrogens with one attached hydrogen (secondary N) is 2. The Morgan fingerprint density at radius 2 is 2.04 bits per heavy atom. The highest BCUT2D eigenvalue weighted by Crippen LogP contribution is 2.33. The number of benzene rings is 1. The van der Waals surface area contributed by atoms with Crippen LogP contribution in [0.2, 0.25) is 0 Å². The van der Waals surface area contributed by atoms with Gasteiger partial charge >= 0.3 is 12.0 Å². The molecule has 2 amide bonds. The van der Waals surface area contributed by atoms with Gasteiger partial charge in [0.1, 0.15) is 18.2 Å². The number of anilines is 2. The molecule has 1 aliphatic heterocycles. The summed E-state index contributed by atoms with van der Waals surface area (Å²) in [5, 5.41) is 5.45. The molecule has 0 fully saturated rings. The Bertz CT molecular complexity index is 893. The molecular weight excluding hydrogens is 346 g/mol. The van der Waals surface area contributed by atoms with Crippen LogP contribution >= 0.6 is 0 Å². The van der Waals surface area contributed by atoms with Crippen molar-refractivity contribution in [2.24, 2.45) is 0 Å². The van der Waals surface area contributed by atoms with Gasteiger partial charge in [-0.1, -0.05) is 12.1 Å². The number of rotatable bonds is 4. The smallest absolute Gasteiger partial charge is 0.324 e. The molecule has 0 radical (unpaired) electrons. The fourth-order valence-electron chi connectivity index (χ4n) is 2.54. The summed E-state index contributed by atoms with van der Waals surface area (Å²) in [4.78, 5) is 27.3. The third-order valence-corrected chi connectivity index (χ3v) is 3.94. The number of fused-ring (bicyclic) bond motifs is 1. The van der Waals surface area contributed by atoms with Crippen molar-refractivity contribution in [1.29, 1.82) is 0 Å². The molecular formula is C20H21N3O4. The maximum Gasteiger partial charge on any atom is 0.324 e. The first-order valence-electron chi connectivity index (χ1n) is 8.49. The maximum absolute atomic E-state index is 12.1. The molecule has 0 saturated carbocycles. The normalized spacial score (nSPS) is 17.4. The molecule has 0 saturated heterocycles. The number of urea groups is 1. The highest BCUT2D eigenvalue weighted by Gasteiger charge is 2.29. The zero-order chi connectivity index (χ0) is 19.4. The Balaban J connectivity index is 1.65. The van der Waals surface area contributed by atoms with E-state index in [1.807, 2.05) is 32.1 Å². The number of nitrogens with zero attached hydrogens (tertiary/aromatic N) is 1. The molecule has 1 unspecified atom stereocenters. The number of carbonyl (C=O) groups excluding carboxylic acids is 2. The minimum absolute atomic E-state index is 0.129. The Labute approximate surface area is 157 Å². The van der Waals surface area contributed by atoms with E-state index in [-0.39, 0.29) is 18.6 Å². The van der Waals surface area contributed by atoms with Crippen molar-refractivity contribution < 1.29 is 19.1 Å². The van der Waals surface area contributed by atoms with E-state index in [9.17, 15) is 9.59 Å². The Kier molecular flexibility index (Phi) is 5.12. The predicted molar refractivity (Wildman–Crippen MR) is 103 cm³/mol. The predicted octanol–water partition coefficient (Wildman–Crippen LogP) is 3.76. The van der Waals surface area contributed by atoms with E-state index < -0.39 is 5.60 Å². The summed E-state index contributed by atoms with van der Waals surface area (Å²) in [7, 11) is 0. The zero-order valence-electron chi connectivity index (χ0n) is 15.4. The van der Waals surface area contributed by atoms with Gasteiger partial charge in [0.25, 0.3) is 0 Å². The molecule has 1 aliphatic rings. The summed E-state index contributed by atoms with van der Waals surface area (Å²) >= 11 is 0. The number of hydrogen-bond donors (Lipinski definition) is 2. The molecule has 140 valence electrons. The van der Waals surface area contributed by atoms with Crippen LogP contribution in [-0.4, -0.2) is 29.2 Å². The van der Waals surface area contributed by atoms with Crippen molar-refractivity contribution in [1.82, 2.24) is 4.98 Å². The number of pyridine rings is 1. The molecule has 7 nitrogen and oxygen atoms in total. The average Bonchev–Trinajstić information content (AvgIpc) is 2.62. The minimum Gasteiger partial charge on any atom is -0.479 e. The van der Waals surface area contributed by atoms with E-state index in [4.69, 9.17) is 9.47 Å². The molecule has 2 N–H and O–H groups in total. The van der Waals surface area contributed by atoms with Crippen LogP contribution in [0, 0.1) is 6.92 Å². The zero-order valence-corrected chi connectivity index (χ0v) is 15.4. The van der Waals surface area contributed by atoms with Crippen molar-refractivity contribution in [2.75, 3.05) is 17.2 Å². The fourth-order valence-corrected chi connectivity index (χ4v) is 2.54. The summed E-state index contributed by atoms with van der Waals surface area (Å²) in [5.74, 6) is 0.770. The van der Waals surface area contributed by atoms with Gasteiger partial charge in [-0.05, 0) is 49.8 Å². The number of hydrogen-bond acceptors (Lipinski definition) is 5. The SMILES string of the molecule is CC(=O)OCC1(C)C=Cc2cc(NC(=O)Nc3ccc(C)cn3)ccc2O1. The molecule has 2 aromatic rings. The van der Waals surface area contributed by atoms with Crippen LogP contribution in [0.1, 0.15) is 25.0 Å². The first-order valence-corrected chi connectivity index (χ1v) is 8.49. The number of esters is 1. The summed E-state index contributed by atoms with van der Waals surface area (Å²) in [6, 6.07) is 8.54. The molecule has 2 heterocycles. The summed E-state index contributed by atoms with van der Waals surface area (Å²) in [6.07, 6.45) is 5.40. The van der Waals surface area contributed by atoms with Gasteiger partial charge in [-0.3, -0.25) is 10.1 Å². The van der Waals surface area contributed by atoms with Crippen molar-refractivity contribution in [2.45, 2.75) is 26.4 Å². The lowest BCUT2D eigenvalue weighted by Crippen LogP contribution is -2.37. The van der Waals surface area contributed by atoms with Crippen molar-refractivity contribution >= 4 is 29.6 Å². The molecule has 1 atom stereocenters. The van der Waals surface area contributed by atoms with E-state index in [1.54, 1.807) is 30.5 Å². The first-order chi connectivity index (χ1) is 12.8. The third-order valence-electron chi connectivity index (χ3n) is 3.94. The molecule has 0 aliphatic carbocycles. The van der Waals surface area contributed by atoms with Crippen molar-refractivity contribution in [3.8, 4) is 5.75 Å². The lowest BCUT2D eigenvalue weighted by molar-refractivity contribution is -0.145. The van der Waals surface area contributed by atoms with Gasteiger partial charge in [-0.25, -0.2) is 9.78 Å². The van der Waals surface area contributed by atoms with Gasteiger partial charge in [0.15, 0.2) is 5.60 Å². The third kappa shape index (κ3) is 4.84. The summed E-state index contributed by atoms with van der Waals surface area (Å²) < 4.78 is 11.0. The van der Waals surface area contributed by atoms with E-state index >= 15 is 0 Å². The van der Waals surface area contributed by atoms with Crippen LogP contribution in [0.25, 0.3) is 6.08 Å². The molecule has 1 aromatic carbocycles. The molecule has 0 spiro atoms. The van der Waals surface area contributed by atoms with Crippen LogP contribution < -0.4 is 15.4 Å². The highest BCUT2D eigenvalue weighted by atomic mass is 16.6. The van der Waals surface area contributed by atoms with Gasteiger partial charge in [-0.15, -0.1) is 0 Å². The second kappa shape index (κ2) is 7.49. The largest absolute Gasteiger partial charge is 0.479 e. The van der Waals surface area contributed by atoms with Gasteiger partial charge < -0.3 is 14.8 Å². The van der Waals surface area contributed by atoms with E-state index in [0.29, 0.717) is 17.3 Å². The average molecular weight is 367 g/mol.